The lowest BCUT2D eigenvalue weighted by molar-refractivity contribution is 0.190. The van der Waals surface area contributed by atoms with Crippen molar-refractivity contribution in [3.05, 3.63) is 0 Å². The molecule has 1 fully saturated rings. The summed E-state index contributed by atoms with van der Waals surface area (Å²) in [5.41, 5.74) is 5.81. The fourth-order valence-electron chi connectivity index (χ4n) is 2.22. The molecule has 0 aliphatic carbocycles. The summed E-state index contributed by atoms with van der Waals surface area (Å²) in [6, 6.07) is 1.80. The van der Waals surface area contributed by atoms with Gasteiger partial charge in [-0.15, -0.1) is 0 Å². The van der Waals surface area contributed by atoms with E-state index in [0.717, 1.165) is 12.5 Å². The number of hydrogen-bond acceptors (Lipinski definition) is 2. The van der Waals surface area contributed by atoms with Crippen molar-refractivity contribution in [1.29, 1.82) is 0 Å². The van der Waals surface area contributed by atoms with Crippen LogP contribution in [-0.4, -0.2) is 29.6 Å². The summed E-state index contributed by atoms with van der Waals surface area (Å²) in [5.74, 6) is 0. The molecule has 2 heteroatoms. The van der Waals surface area contributed by atoms with E-state index in [2.05, 4.69) is 25.7 Å². The molecule has 0 aromatic heterocycles. The van der Waals surface area contributed by atoms with Gasteiger partial charge in [0.2, 0.25) is 0 Å². The van der Waals surface area contributed by atoms with Crippen LogP contribution in [0.5, 0.6) is 0 Å². The highest BCUT2D eigenvalue weighted by atomic mass is 15.2. The molecular formula is C10H22N2. The van der Waals surface area contributed by atoms with Gasteiger partial charge < -0.3 is 5.73 Å². The lowest BCUT2D eigenvalue weighted by atomic mass is 10.1. The first-order valence-electron chi connectivity index (χ1n) is 5.12. The van der Waals surface area contributed by atoms with Crippen molar-refractivity contribution < 1.29 is 0 Å². The summed E-state index contributed by atoms with van der Waals surface area (Å²) in [5, 5.41) is 0. The van der Waals surface area contributed by atoms with Gasteiger partial charge in [-0.05, 0) is 46.6 Å². The summed E-state index contributed by atoms with van der Waals surface area (Å²) in [7, 11) is 0. The predicted molar refractivity (Wildman–Crippen MR) is 53.1 cm³/mol. The lowest BCUT2D eigenvalue weighted by Gasteiger charge is -2.29. The molecule has 72 valence electrons. The lowest BCUT2D eigenvalue weighted by Crippen LogP contribution is -2.38. The average molecular weight is 170 g/mol. The smallest absolute Gasteiger partial charge is 0.0113 e. The van der Waals surface area contributed by atoms with Crippen LogP contribution in [-0.2, 0) is 0 Å². The minimum absolute atomic E-state index is 0.356. The van der Waals surface area contributed by atoms with E-state index in [-0.39, 0.29) is 0 Å². The number of likely N-dealkylation sites (tertiary alicyclic amines) is 1. The number of nitrogens with zero attached hydrogens (tertiary/aromatic N) is 1. The van der Waals surface area contributed by atoms with Gasteiger partial charge in [0.15, 0.2) is 0 Å². The topological polar surface area (TPSA) is 29.3 Å². The highest BCUT2D eigenvalue weighted by Crippen LogP contribution is 2.22. The van der Waals surface area contributed by atoms with Crippen molar-refractivity contribution in [3.8, 4) is 0 Å². The van der Waals surface area contributed by atoms with Gasteiger partial charge >= 0.3 is 0 Å². The van der Waals surface area contributed by atoms with Gasteiger partial charge in [0.05, 0.1) is 0 Å². The van der Waals surface area contributed by atoms with Crippen LogP contribution in [0.25, 0.3) is 0 Å². The Kier molecular flexibility index (Phi) is 3.53. The second-order valence-electron chi connectivity index (χ2n) is 4.34. The molecule has 1 heterocycles. The van der Waals surface area contributed by atoms with Crippen molar-refractivity contribution in [2.45, 2.75) is 58.2 Å². The minimum atomic E-state index is 0.356. The molecule has 12 heavy (non-hydrogen) atoms. The number of hydrogen-bond donors (Lipinski definition) is 1. The van der Waals surface area contributed by atoms with Crippen LogP contribution in [0.4, 0.5) is 0 Å². The van der Waals surface area contributed by atoms with Crippen molar-refractivity contribution in [2.75, 3.05) is 6.54 Å². The molecule has 0 spiro atoms. The van der Waals surface area contributed by atoms with E-state index in [1.54, 1.807) is 0 Å². The van der Waals surface area contributed by atoms with E-state index in [1.165, 1.54) is 19.4 Å². The molecule has 0 amide bonds. The molecule has 0 bridgehead atoms. The largest absolute Gasteiger partial charge is 0.328 e. The molecule has 1 aliphatic heterocycles. The maximum Gasteiger partial charge on any atom is 0.0113 e. The van der Waals surface area contributed by atoms with E-state index in [9.17, 15) is 0 Å². The zero-order valence-electron chi connectivity index (χ0n) is 8.59. The highest BCUT2D eigenvalue weighted by molar-refractivity contribution is 4.83. The summed E-state index contributed by atoms with van der Waals surface area (Å²) in [6.07, 6.45) is 3.87. The normalized spacial score (nSPS) is 28.2. The molecule has 0 radical (unpaired) electrons. The second kappa shape index (κ2) is 4.24. The molecule has 2 N–H and O–H groups in total. The highest BCUT2D eigenvalue weighted by Gasteiger charge is 2.26. The van der Waals surface area contributed by atoms with Gasteiger partial charge in [0, 0.05) is 18.1 Å². The Balaban J connectivity index is 2.41. The van der Waals surface area contributed by atoms with Gasteiger partial charge in [-0.25, -0.2) is 0 Å². The predicted octanol–water partition coefficient (Wildman–Crippen LogP) is 1.60. The van der Waals surface area contributed by atoms with E-state index in [0.29, 0.717) is 12.1 Å². The maximum absolute atomic E-state index is 5.81. The first-order valence-corrected chi connectivity index (χ1v) is 5.12. The van der Waals surface area contributed by atoms with Crippen LogP contribution in [0.3, 0.4) is 0 Å². The Morgan fingerprint density at radius 2 is 2.08 bits per heavy atom. The van der Waals surface area contributed by atoms with E-state index in [4.69, 9.17) is 5.73 Å². The zero-order chi connectivity index (χ0) is 9.14. The molecule has 2 atom stereocenters. The monoisotopic (exact) mass is 170 g/mol. The third kappa shape index (κ3) is 2.46. The first kappa shape index (κ1) is 10.0. The van der Waals surface area contributed by atoms with E-state index >= 15 is 0 Å². The van der Waals surface area contributed by atoms with Crippen molar-refractivity contribution in [1.82, 2.24) is 4.90 Å². The number of rotatable bonds is 3. The van der Waals surface area contributed by atoms with Crippen LogP contribution in [0, 0.1) is 0 Å². The van der Waals surface area contributed by atoms with E-state index in [1.807, 2.05) is 0 Å². The van der Waals surface area contributed by atoms with Crippen molar-refractivity contribution in [3.63, 3.8) is 0 Å². The molecule has 0 unspecified atom stereocenters. The Labute approximate surface area is 76.1 Å². The number of nitrogens with two attached hydrogens (primary N) is 1. The minimum Gasteiger partial charge on any atom is -0.328 e. The molecule has 0 aromatic rings. The van der Waals surface area contributed by atoms with Gasteiger partial charge in [0.25, 0.3) is 0 Å². The standard InChI is InChI=1S/C10H22N2/c1-8(2)12-6-4-5-10(12)7-9(3)11/h8-10H,4-7,11H2,1-3H3/t9-,10-/m0/s1. The Morgan fingerprint density at radius 1 is 1.42 bits per heavy atom. The Bertz CT molecular complexity index is 132. The van der Waals surface area contributed by atoms with Crippen LogP contribution in [0.15, 0.2) is 0 Å². The van der Waals surface area contributed by atoms with Crippen LogP contribution >= 0.6 is 0 Å². The van der Waals surface area contributed by atoms with Crippen molar-refractivity contribution >= 4 is 0 Å². The fraction of sp³-hybridized carbons (Fsp3) is 1.00. The van der Waals surface area contributed by atoms with Crippen LogP contribution < -0.4 is 5.73 Å². The fourth-order valence-corrected chi connectivity index (χ4v) is 2.22. The van der Waals surface area contributed by atoms with Gasteiger partial charge in [-0.1, -0.05) is 0 Å². The quantitative estimate of drug-likeness (QED) is 0.697. The van der Waals surface area contributed by atoms with Crippen molar-refractivity contribution in [2.24, 2.45) is 5.73 Å². The summed E-state index contributed by atoms with van der Waals surface area (Å²) < 4.78 is 0. The first-order chi connectivity index (χ1) is 5.61. The average Bonchev–Trinajstić information content (AvgIpc) is 2.33. The zero-order valence-corrected chi connectivity index (χ0v) is 8.59. The SMILES string of the molecule is CC(C)N1CCC[C@H]1C[C@H](C)N. The molecule has 0 aromatic carbocycles. The third-order valence-electron chi connectivity index (χ3n) is 2.73. The van der Waals surface area contributed by atoms with E-state index < -0.39 is 0 Å². The van der Waals surface area contributed by atoms with Crippen LogP contribution in [0.2, 0.25) is 0 Å². The molecular weight excluding hydrogens is 148 g/mol. The van der Waals surface area contributed by atoms with Crippen LogP contribution in [0.1, 0.15) is 40.0 Å². The Hall–Kier alpha value is -0.0800. The summed E-state index contributed by atoms with van der Waals surface area (Å²) in [4.78, 5) is 2.59. The molecule has 1 rings (SSSR count). The van der Waals surface area contributed by atoms with Gasteiger partial charge in [-0.3, -0.25) is 4.90 Å². The summed E-state index contributed by atoms with van der Waals surface area (Å²) in [6.45, 7) is 7.94. The molecule has 1 aliphatic rings. The summed E-state index contributed by atoms with van der Waals surface area (Å²) >= 11 is 0. The second-order valence-corrected chi connectivity index (χ2v) is 4.34. The molecule has 1 saturated heterocycles. The maximum atomic E-state index is 5.81. The molecule has 0 saturated carbocycles. The van der Waals surface area contributed by atoms with Gasteiger partial charge in [-0.2, -0.15) is 0 Å². The molecule has 2 nitrogen and oxygen atoms in total. The Morgan fingerprint density at radius 3 is 2.58 bits per heavy atom. The van der Waals surface area contributed by atoms with Gasteiger partial charge in [0.1, 0.15) is 0 Å². The third-order valence-corrected chi connectivity index (χ3v) is 2.73.